The van der Waals surface area contributed by atoms with E-state index in [9.17, 15) is 19.5 Å². The first kappa shape index (κ1) is 33.4. The first-order valence-electron chi connectivity index (χ1n) is 16.6. The van der Waals surface area contributed by atoms with Gasteiger partial charge in [0.2, 0.25) is 0 Å². The van der Waals surface area contributed by atoms with Crippen LogP contribution in [-0.4, -0.2) is 71.1 Å². The number of hydrogen-bond acceptors (Lipinski definition) is 8. The molecule has 4 aromatic rings. The Morgan fingerprint density at radius 1 is 1.08 bits per heavy atom. The summed E-state index contributed by atoms with van der Waals surface area (Å²) < 4.78 is 13.8. The number of amides is 2. The third kappa shape index (κ3) is 5.95. The number of carbonyl (C=O) groups excluding carboxylic acids is 2. The molecule has 5 atom stereocenters. The molecule has 1 spiro atoms. The first-order chi connectivity index (χ1) is 23.5. The van der Waals surface area contributed by atoms with E-state index in [1.807, 2.05) is 92.9 Å². The van der Waals surface area contributed by atoms with Crippen LogP contribution < -0.4 is 9.80 Å². The molecule has 49 heavy (non-hydrogen) atoms. The highest BCUT2D eigenvalue weighted by Gasteiger charge is 2.66. The number of aliphatic hydroxyl groups excluding tert-OH is 1. The number of anilines is 2. The zero-order chi connectivity index (χ0) is 34.5. The zero-order valence-corrected chi connectivity index (χ0v) is 29.5. The average molecular weight is 702 g/mol. The van der Waals surface area contributed by atoms with Crippen molar-refractivity contribution in [2.24, 2.45) is 5.92 Å². The lowest BCUT2D eigenvalue weighted by Crippen LogP contribution is -2.46. The highest BCUT2D eigenvalue weighted by atomic mass is 35.5. The average Bonchev–Trinajstić information content (AvgIpc) is 3.84. The van der Waals surface area contributed by atoms with Crippen LogP contribution in [-0.2, 0) is 33.0 Å². The van der Waals surface area contributed by atoms with Gasteiger partial charge in [0, 0.05) is 40.5 Å². The molecule has 0 radical (unpaired) electrons. The van der Waals surface area contributed by atoms with Gasteiger partial charge in [0.15, 0.2) is 13.9 Å². The number of rotatable bonds is 10. The number of benzene rings is 3. The summed E-state index contributed by atoms with van der Waals surface area (Å²) >= 11 is 6.56. The minimum Gasteiger partial charge on any atom is -0.447 e. The third-order valence-electron chi connectivity index (χ3n) is 10.2. The fraction of sp³-hybridized carbons (Fsp3) is 0.389. The van der Waals surface area contributed by atoms with E-state index < -0.39 is 20.0 Å². The maximum atomic E-state index is 14.7. The Kier molecular flexibility index (Phi) is 8.86. The number of aliphatic hydroxyl groups is 1. The quantitative estimate of drug-likeness (QED) is 0.209. The van der Waals surface area contributed by atoms with Crippen molar-refractivity contribution < 1.29 is 29.0 Å². The number of aromatic nitrogens is 3. The fourth-order valence-electron chi connectivity index (χ4n) is 7.97. The summed E-state index contributed by atoms with van der Waals surface area (Å²) in [5.74, 6) is -0.828. The van der Waals surface area contributed by atoms with E-state index in [0.29, 0.717) is 48.9 Å². The molecule has 3 aromatic carbocycles. The van der Waals surface area contributed by atoms with Crippen molar-refractivity contribution in [2.45, 2.75) is 62.7 Å². The standard InChI is InChI=1S/C36H40ClN5O6Si/c1-23-33(49(2,3)46)32(15-16-40-21-30(38-39-40)28(22-43)25-7-5-4-6-8-25)48-36(23)29-19-26(37)11-14-31(29)42(34(36)44)20-24-9-12-27(13-10-24)41-17-18-47-35(41)45/h4-14,19,21,23,28,32-33,43,46H,15-18,20,22H2,1-3H3/t23-,28?,32+,33-,36+/m0/s1. The van der Waals surface area contributed by atoms with Crippen LogP contribution >= 0.6 is 11.6 Å². The molecule has 0 aliphatic carbocycles. The highest BCUT2D eigenvalue weighted by Crippen LogP contribution is 2.60. The lowest BCUT2D eigenvalue weighted by atomic mass is 9.82. The second-order valence-electron chi connectivity index (χ2n) is 13.7. The maximum absolute atomic E-state index is 14.7. The van der Waals surface area contributed by atoms with Crippen LogP contribution in [0.4, 0.5) is 16.2 Å². The maximum Gasteiger partial charge on any atom is 0.414 e. The Morgan fingerprint density at radius 2 is 1.84 bits per heavy atom. The van der Waals surface area contributed by atoms with Gasteiger partial charge in [-0.2, -0.15) is 0 Å². The van der Waals surface area contributed by atoms with Crippen LogP contribution in [0.15, 0.2) is 79.0 Å². The van der Waals surface area contributed by atoms with Crippen molar-refractivity contribution in [3.8, 4) is 0 Å². The number of hydrogen-bond donors (Lipinski definition) is 2. The first-order valence-corrected chi connectivity index (χ1v) is 20.0. The molecule has 1 unspecified atom stereocenters. The number of ether oxygens (including phenoxy) is 2. The van der Waals surface area contributed by atoms with Gasteiger partial charge >= 0.3 is 6.09 Å². The molecule has 0 bridgehead atoms. The minimum atomic E-state index is -2.88. The summed E-state index contributed by atoms with van der Waals surface area (Å²) in [5, 5.41) is 19.4. The number of halogens is 1. The van der Waals surface area contributed by atoms with Gasteiger partial charge in [-0.1, -0.05) is 66.2 Å². The Balaban J connectivity index is 1.15. The summed E-state index contributed by atoms with van der Waals surface area (Å²) in [5.41, 5.74) is 3.08. The Hall–Kier alpha value is -4.07. The van der Waals surface area contributed by atoms with E-state index in [0.717, 1.165) is 22.5 Å². The van der Waals surface area contributed by atoms with E-state index in [2.05, 4.69) is 10.3 Å². The van der Waals surface area contributed by atoms with Crippen LogP contribution in [0.2, 0.25) is 23.7 Å². The van der Waals surface area contributed by atoms with E-state index in [1.54, 1.807) is 20.5 Å². The van der Waals surface area contributed by atoms with Crippen molar-refractivity contribution in [3.05, 3.63) is 106 Å². The fourth-order valence-corrected chi connectivity index (χ4v) is 10.7. The number of nitrogens with zero attached hydrogens (tertiary/aromatic N) is 5. The van der Waals surface area contributed by atoms with Gasteiger partial charge < -0.3 is 24.3 Å². The molecule has 4 heterocycles. The largest absolute Gasteiger partial charge is 0.447 e. The highest BCUT2D eigenvalue weighted by molar-refractivity contribution is 6.71. The summed E-state index contributed by atoms with van der Waals surface area (Å²) in [6, 6.07) is 22.7. The van der Waals surface area contributed by atoms with Crippen LogP contribution in [0.25, 0.3) is 0 Å². The van der Waals surface area contributed by atoms with Gasteiger partial charge in [-0.25, -0.2) is 4.79 Å². The smallest absolute Gasteiger partial charge is 0.414 e. The van der Waals surface area contributed by atoms with Crippen molar-refractivity contribution in [3.63, 3.8) is 0 Å². The number of aryl methyl sites for hydroxylation is 1. The summed E-state index contributed by atoms with van der Waals surface area (Å²) in [7, 11) is -2.88. The SMILES string of the molecule is C[C@H]1[C@H]([Si](C)(C)O)[C@@H](CCn2cc(C(CO)c3ccccc3)nn2)O[C@]12C(=O)N(Cc1ccc(N3CCOC3=O)cc1)c1ccc(Cl)cc12. The lowest BCUT2D eigenvalue weighted by molar-refractivity contribution is -0.146. The topological polar surface area (TPSA) is 130 Å². The summed E-state index contributed by atoms with van der Waals surface area (Å²) in [4.78, 5) is 41.8. The van der Waals surface area contributed by atoms with Gasteiger partial charge in [-0.05, 0) is 61.0 Å². The van der Waals surface area contributed by atoms with Crippen LogP contribution in [0.3, 0.4) is 0 Å². The molecular formula is C36H40ClN5O6Si. The van der Waals surface area contributed by atoms with Crippen LogP contribution in [0.5, 0.6) is 0 Å². The third-order valence-corrected chi connectivity index (χ3v) is 13.0. The Morgan fingerprint density at radius 3 is 2.51 bits per heavy atom. The molecule has 13 heteroatoms. The molecule has 2 N–H and O–H groups in total. The predicted octanol–water partition coefficient (Wildman–Crippen LogP) is 5.45. The van der Waals surface area contributed by atoms with Crippen molar-refractivity contribution in [1.82, 2.24) is 15.0 Å². The predicted molar refractivity (Wildman–Crippen MR) is 187 cm³/mol. The Bertz CT molecular complexity index is 1850. The zero-order valence-electron chi connectivity index (χ0n) is 27.7. The molecule has 256 valence electrons. The van der Waals surface area contributed by atoms with Gasteiger partial charge in [-0.3, -0.25) is 14.4 Å². The van der Waals surface area contributed by atoms with E-state index in [-0.39, 0.29) is 36.0 Å². The second kappa shape index (κ2) is 13.0. The van der Waals surface area contributed by atoms with E-state index >= 15 is 0 Å². The van der Waals surface area contributed by atoms with E-state index in [4.69, 9.17) is 21.1 Å². The molecule has 7 rings (SSSR count). The molecule has 2 saturated heterocycles. The molecule has 1 aromatic heterocycles. The molecular weight excluding hydrogens is 662 g/mol. The van der Waals surface area contributed by atoms with Crippen molar-refractivity contribution >= 4 is 43.3 Å². The van der Waals surface area contributed by atoms with Gasteiger partial charge in [0.1, 0.15) is 6.61 Å². The molecule has 0 saturated carbocycles. The number of fused-ring (bicyclic) bond motifs is 2. The van der Waals surface area contributed by atoms with Crippen molar-refractivity contribution in [1.29, 1.82) is 0 Å². The molecule has 11 nitrogen and oxygen atoms in total. The second-order valence-corrected chi connectivity index (χ2v) is 18.1. The van der Waals surface area contributed by atoms with E-state index in [1.165, 1.54) is 0 Å². The number of carbonyl (C=O) groups is 2. The van der Waals surface area contributed by atoms with Gasteiger partial charge in [0.25, 0.3) is 5.91 Å². The lowest BCUT2D eigenvalue weighted by Gasteiger charge is -2.32. The van der Waals surface area contributed by atoms with Crippen molar-refractivity contribution in [2.75, 3.05) is 29.6 Å². The molecule has 3 aliphatic rings. The summed E-state index contributed by atoms with van der Waals surface area (Å²) in [6.45, 7) is 7.30. The molecule has 2 fully saturated rings. The van der Waals surface area contributed by atoms with Gasteiger partial charge in [0.05, 0.1) is 43.1 Å². The monoisotopic (exact) mass is 701 g/mol. The van der Waals surface area contributed by atoms with Crippen LogP contribution in [0.1, 0.15) is 41.6 Å². The van der Waals surface area contributed by atoms with Gasteiger partial charge in [-0.15, -0.1) is 5.10 Å². The normalized spacial score (nSPS) is 24.2. The van der Waals surface area contributed by atoms with Crippen LogP contribution in [0, 0.1) is 5.92 Å². The molecule has 3 aliphatic heterocycles. The Labute approximate surface area is 291 Å². The number of cyclic esters (lactones) is 1. The molecule has 2 amide bonds. The minimum absolute atomic E-state index is 0.0986. The summed E-state index contributed by atoms with van der Waals surface area (Å²) in [6.07, 6.45) is 1.53.